The van der Waals surface area contributed by atoms with Gasteiger partial charge in [-0.3, -0.25) is 9.69 Å². The van der Waals surface area contributed by atoms with Gasteiger partial charge in [-0.25, -0.2) is 0 Å². The van der Waals surface area contributed by atoms with Crippen molar-refractivity contribution >= 4 is 5.91 Å². The van der Waals surface area contributed by atoms with Crippen LogP contribution in [0.4, 0.5) is 0 Å². The van der Waals surface area contributed by atoms with Crippen LogP contribution in [-0.2, 0) is 4.79 Å². The van der Waals surface area contributed by atoms with Crippen molar-refractivity contribution < 1.29 is 4.79 Å². The van der Waals surface area contributed by atoms with Gasteiger partial charge in [-0.05, 0) is 54.6 Å². The third kappa shape index (κ3) is 3.19. The molecule has 4 nitrogen and oxygen atoms in total. The molecule has 1 saturated heterocycles. The van der Waals surface area contributed by atoms with Crippen LogP contribution in [0, 0.1) is 0 Å². The summed E-state index contributed by atoms with van der Waals surface area (Å²) in [5, 5.41) is 6.15. The van der Waals surface area contributed by atoms with Crippen molar-refractivity contribution in [1.29, 1.82) is 0 Å². The largest absolute Gasteiger partial charge is 0.353 e. The molecule has 4 heteroatoms. The lowest BCUT2D eigenvalue weighted by molar-refractivity contribution is -0.140. The average Bonchev–Trinajstić information content (AvgIpc) is 2.17. The molecule has 1 rings (SSSR count). The highest BCUT2D eigenvalue weighted by molar-refractivity contribution is 5.83. The monoisotopic (exact) mass is 241 g/mol. The lowest BCUT2D eigenvalue weighted by atomic mass is 9.87. The maximum atomic E-state index is 12.1. The minimum atomic E-state index is -0.0359. The summed E-state index contributed by atoms with van der Waals surface area (Å²) in [7, 11) is 1.92. The van der Waals surface area contributed by atoms with Crippen LogP contribution in [0.3, 0.4) is 0 Å². The lowest BCUT2D eigenvalue weighted by Gasteiger charge is -2.53. The summed E-state index contributed by atoms with van der Waals surface area (Å²) in [5.41, 5.74) is 0.00420. The molecule has 0 aromatic carbocycles. The zero-order valence-electron chi connectivity index (χ0n) is 12.1. The normalized spacial score (nSPS) is 25.8. The van der Waals surface area contributed by atoms with Crippen LogP contribution in [-0.4, -0.2) is 48.1 Å². The van der Waals surface area contributed by atoms with E-state index in [0.29, 0.717) is 0 Å². The summed E-state index contributed by atoms with van der Waals surface area (Å²) >= 11 is 0. The number of nitrogens with one attached hydrogen (secondary N) is 2. The molecule has 0 bridgehead atoms. The molecule has 0 radical (unpaired) electrons. The van der Waals surface area contributed by atoms with Crippen molar-refractivity contribution in [2.45, 2.75) is 58.2 Å². The van der Waals surface area contributed by atoms with Crippen LogP contribution in [0.2, 0.25) is 0 Å². The molecule has 0 aromatic rings. The molecule has 0 aliphatic carbocycles. The van der Waals surface area contributed by atoms with Crippen LogP contribution in [0.5, 0.6) is 0 Å². The Hall–Kier alpha value is -0.610. The predicted molar refractivity (Wildman–Crippen MR) is 71.0 cm³/mol. The van der Waals surface area contributed by atoms with Gasteiger partial charge in [0.25, 0.3) is 0 Å². The molecule has 100 valence electrons. The molecule has 1 amide bonds. The number of hydrogen-bond acceptors (Lipinski definition) is 3. The fraction of sp³-hybridized carbons (Fsp3) is 0.923. The van der Waals surface area contributed by atoms with Crippen molar-refractivity contribution in [3.63, 3.8) is 0 Å². The van der Waals surface area contributed by atoms with E-state index < -0.39 is 0 Å². The highest BCUT2D eigenvalue weighted by Crippen LogP contribution is 2.31. The van der Waals surface area contributed by atoms with Gasteiger partial charge in [0.1, 0.15) is 0 Å². The van der Waals surface area contributed by atoms with Gasteiger partial charge in [-0.15, -0.1) is 0 Å². The first-order valence-electron chi connectivity index (χ1n) is 6.42. The highest BCUT2D eigenvalue weighted by atomic mass is 16.2. The van der Waals surface area contributed by atoms with Crippen LogP contribution in [0.1, 0.15) is 41.0 Å². The standard InChI is InChI=1S/C13H27N3O/c1-12(2,3)16-10(7-8-14-6)11(17)15-9-13(16,4)5/h10,14H,7-9H2,1-6H3,(H,15,17). The number of carbonyl (C=O) groups excluding carboxylic acids is 1. The molecule has 0 aromatic heterocycles. The van der Waals surface area contributed by atoms with Gasteiger partial charge < -0.3 is 10.6 Å². The summed E-state index contributed by atoms with van der Waals surface area (Å²) in [6.07, 6.45) is 0.850. The first-order chi connectivity index (χ1) is 7.70. The Labute approximate surface area is 105 Å². The van der Waals surface area contributed by atoms with Crippen LogP contribution < -0.4 is 10.6 Å². The van der Waals surface area contributed by atoms with Crippen LogP contribution in [0.25, 0.3) is 0 Å². The molecule has 2 N–H and O–H groups in total. The van der Waals surface area contributed by atoms with E-state index in [-0.39, 0.29) is 23.0 Å². The van der Waals surface area contributed by atoms with Gasteiger partial charge in [-0.1, -0.05) is 0 Å². The zero-order chi connectivity index (χ0) is 13.3. The molecule has 17 heavy (non-hydrogen) atoms. The van der Waals surface area contributed by atoms with Gasteiger partial charge in [0, 0.05) is 17.6 Å². The van der Waals surface area contributed by atoms with Crippen molar-refractivity contribution in [3.8, 4) is 0 Å². The minimum Gasteiger partial charge on any atom is -0.353 e. The number of amides is 1. The molecule has 1 heterocycles. The van der Waals surface area contributed by atoms with Gasteiger partial charge in [0.2, 0.25) is 5.91 Å². The number of rotatable bonds is 3. The van der Waals surface area contributed by atoms with E-state index in [1.54, 1.807) is 0 Å². The Morgan fingerprint density at radius 3 is 2.53 bits per heavy atom. The summed E-state index contributed by atoms with van der Waals surface area (Å²) in [6, 6.07) is -0.0359. The van der Waals surface area contributed by atoms with E-state index in [4.69, 9.17) is 0 Å². The maximum absolute atomic E-state index is 12.1. The van der Waals surface area contributed by atoms with Gasteiger partial charge in [-0.2, -0.15) is 0 Å². The second kappa shape index (κ2) is 4.94. The predicted octanol–water partition coefficient (Wildman–Crippen LogP) is 0.973. The van der Waals surface area contributed by atoms with Crippen LogP contribution in [0.15, 0.2) is 0 Å². The fourth-order valence-electron chi connectivity index (χ4n) is 2.96. The average molecular weight is 241 g/mol. The Morgan fingerprint density at radius 1 is 1.47 bits per heavy atom. The molecule has 1 unspecified atom stereocenters. The number of piperazine rings is 1. The van der Waals surface area contributed by atoms with Crippen LogP contribution >= 0.6 is 0 Å². The van der Waals surface area contributed by atoms with E-state index in [9.17, 15) is 4.79 Å². The molecule has 1 fully saturated rings. The Morgan fingerprint density at radius 2 is 2.06 bits per heavy atom. The van der Waals surface area contributed by atoms with E-state index in [1.807, 2.05) is 7.05 Å². The molecular formula is C13H27N3O. The number of nitrogens with zero attached hydrogens (tertiary/aromatic N) is 1. The SMILES string of the molecule is CNCCC1C(=O)NCC(C)(C)N1C(C)(C)C. The number of hydrogen-bond donors (Lipinski definition) is 2. The molecule has 1 aliphatic heterocycles. The van der Waals surface area contributed by atoms with E-state index >= 15 is 0 Å². The van der Waals surface area contributed by atoms with E-state index in [0.717, 1.165) is 19.5 Å². The van der Waals surface area contributed by atoms with Crippen molar-refractivity contribution in [3.05, 3.63) is 0 Å². The minimum absolute atomic E-state index is 0.000329. The first-order valence-corrected chi connectivity index (χ1v) is 6.42. The Balaban J connectivity index is 2.97. The van der Waals surface area contributed by atoms with Gasteiger partial charge in [0.15, 0.2) is 0 Å². The lowest BCUT2D eigenvalue weighted by Crippen LogP contribution is -2.70. The summed E-state index contributed by atoms with van der Waals surface area (Å²) in [5.74, 6) is 0.162. The quantitative estimate of drug-likeness (QED) is 0.774. The van der Waals surface area contributed by atoms with E-state index in [2.05, 4.69) is 50.2 Å². The number of carbonyl (C=O) groups is 1. The zero-order valence-corrected chi connectivity index (χ0v) is 12.1. The summed E-state index contributed by atoms with van der Waals surface area (Å²) < 4.78 is 0. The first kappa shape index (κ1) is 14.5. The Bertz CT molecular complexity index is 281. The second-order valence-corrected chi connectivity index (χ2v) is 6.48. The molecule has 0 spiro atoms. The smallest absolute Gasteiger partial charge is 0.237 e. The third-order valence-electron chi connectivity index (χ3n) is 3.35. The fourth-order valence-corrected chi connectivity index (χ4v) is 2.96. The van der Waals surface area contributed by atoms with Gasteiger partial charge >= 0.3 is 0 Å². The molecule has 1 aliphatic rings. The van der Waals surface area contributed by atoms with Crippen molar-refractivity contribution in [2.75, 3.05) is 20.1 Å². The molecule has 0 saturated carbocycles. The topological polar surface area (TPSA) is 44.4 Å². The van der Waals surface area contributed by atoms with Gasteiger partial charge in [0.05, 0.1) is 6.04 Å². The maximum Gasteiger partial charge on any atom is 0.237 e. The highest BCUT2D eigenvalue weighted by Gasteiger charge is 2.45. The summed E-state index contributed by atoms with van der Waals surface area (Å²) in [4.78, 5) is 14.4. The van der Waals surface area contributed by atoms with E-state index in [1.165, 1.54) is 0 Å². The Kier molecular flexibility index (Phi) is 4.20. The van der Waals surface area contributed by atoms with Crippen molar-refractivity contribution in [2.24, 2.45) is 0 Å². The van der Waals surface area contributed by atoms with Crippen molar-refractivity contribution in [1.82, 2.24) is 15.5 Å². The molecule has 1 atom stereocenters. The second-order valence-electron chi connectivity index (χ2n) is 6.48. The third-order valence-corrected chi connectivity index (χ3v) is 3.35. The molecular weight excluding hydrogens is 214 g/mol. The summed E-state index contributed by atoms with van der Waals surface area (Å²) in [6.45, 7) is 12.5.